The van der Waals surface area contributed by atoms with Gasteiger partial charge in [0.15, 0.2) is 0 Å². The fraction of sp³-hybridized carbons (Fsp3) is 0.222. The third-order valence-corrected chi connectivity index (χ3v) is 1.42. The van der Waals surface area contributed by atoms with Gasteiger partial charge in [-0.1, -0.05) is 12.1 Å². The van der Waals surface area contributed by atoms with Crippen molar-refractivity contribution in [1.82, 2.24) is 0 Å². The quantitative estimate of drug-likeness (QED) is 0.636. The van der Waals surface area contributed by atoms with Crippen molar-refractivity contribution in [3.8, 4) is 0 Å². The Hall–Kier alpha value is -1.02. The Morgan fingerprint density at radius 3 is 2.91 bits per heavy atom. The molecular formula is C9H12NO. The molecular weight excluding hydrogens is 138 g/mol. The molecule has 1 radical (unpaired) electrons. The zero-order chi connectivity index (χ0) is 8.10. The molecule has 0 fully saturated rings. The first-order chi connectivity index (χ1) is 5.33. The fourth-order valence-electron chi connectivity index (χ4n) is 0.917. The summed E-state index contributed by atoms with van der Waals surface area (Å²) in [6.45, 7) is 0.189. The van der Waals surface area contributed by atoms with Crippen LogP contribution in [0.25, 0.3) is 0 Å². The van der Waals surface area contributed by atoms with E-state index in [9.17, 15) is 0 Å². The van der Waals surface area contributed by atoms with Crippen molar-refractivity contribution >= 4 is 5.69 Å². The largest absolute Gasteiger partial charge is 0.399 e. The Bertz CT molecular complexity index is 223. The van der Waals surface area contributed by atoms with Crippen molar-refractivity contribution in [2.45, 2.75) is 6.42 Å². The van der Waals surface area contributed by atoms with Crippen molar-refractivity contribution in [1.29, 1.82) is 0 Å². The van der Waals surface area contributed by atoms with E-state index in [1.807, 2.05) is 30.7 Å². The molecule has 0 amide bonds. The summed E-state index contributed by atoms with van der Waals surface area (Å²) in [5.41, 5.74) is 7.38. The summed E-state index contributed by atoms with van der Waals surface area (Å²) >= 11 is 0. The van der Waals surface area contributed by atoms with Crippen LogP contribution in [0.5, 0.6) is 0 Å². The minimum atomic E-state index is 0.189. The van der Waals surface area contributed by atoms with Crippen LogP contribution < -0.4 is 5.73 Å². The van der Waals surface area contributed by atoms with Crippen LogP contribution in [0.4, 0.5) is 5.69 Å². The molecule has 59 valence electrons. The average Bonchev–Trinajstić information content (AvgIpc) is 2.01. The van der Waals surface area contributed by atoms with Crippen molar-refractivity contribution in [2.24, 2.45) is 0 Å². The highest BCUT2D eigenvalue weighted by atomic mass is 16.2. The van der Waals surface area contributed by atoms with Crippen LogP contribution in [0.2, 0.25) is 0 Å². The molecule has 2 heteroatoms. The SMILES string of the molecule is Nc1cccc([CH]CCO)c1. The molecule has 0 bridgehead atoms. The number of nitrogens with two attached hydrogens (primary N) is 1. The lowest BCUT2D eigenvalue weighted by Crippen LogP contribution is -1.89. The lowest BCUT2D eigenvalue weighted by molar-refractivity contribution is 0.299. The summed E-state index contributed by atoms with van der Waals surface area (Å²) in [5, 5.41) is 8.53. The first-order valence-corrected chi connectivity index (χ1v) is 3.62. The van der Waals surface area contributed by atoms with E-state index in [1.165, 1.54) is 0 Å². The molecule has 3 N–H and O–H groups in total. The van der Waals surface area contributed by atoms with Gasteiger partial charge < -0.3 is 10.8 Å². The maximum Gasteiger partial charge on any atom is 0.0437 e. The van der Waals surface area contributed by atoms with E-state index in [-0.39, 0.29) is 6.61 Å². The van der Waals surface area contributed by atoms with Crippen LogP contribution in [-0.4, -0.2) is 11.7 Å². The molecule has 0 aromatic heterocycles. The molecule has 0 aliphatic rings. The second-order valence-corrected chi connectivity index (χ2v) is 2.39. The van der Waals surface area contributed by atoms with Gasteiger partial charge >= 0.3 is 0 Å². The summed E-state index contributed by atoms with van der Waals surface area (Å²) in [5.74, 6) is 0. The van der Waals surface area contributed by atoms with Gasteiger partial charge in [-0.15, -0.1) is 0 Å². The average molecular weight is 150 g/mol. The van der Waals surface area contributed by atoms with Gasteiger partial charge in [-0.2, -0.15) is 0 Å². The zero-order valence-electron chi connectivity index (χ0n) is 6.33. The monoisotopic (exact) mass is 150 g/mol. The van der Waals surface area contributed by atoms with Gasteiger partial charge in [0.2, 0.25) is 0 Å². The Morgan fingerprint density at radius 1 is 1.45 bits per heavy atom. The first-order valence-electron chi connectivity index (χ1n) is 3.62. The van der Waals surface area contributed by atoms with Crippen LogP contribution in [0.15, 0.2) is 24.3 Å². The molecule has 2 nitrogen and oxygen atoms in total. The number of hydrogen-bond donors (Lipinski definition) is 2. The van der Waals surface area contributed by atoms with Gasteiger partial charge in [-0.05, 0) is 30.5 Å². The molecule has 0 heterocycles. The topological polar surface area (TPSA) is 46.2 Å². The van der Waals surface area contributed by atoms with E-state index >= 15 is 0 Å². The van der Waals surface area contributed by atoms with Crippen LogP contribution in [0.3, 0.4) is 0 Å². The fourth-order valence-corrected chi connectivity index (χ4v) is 0.917. The van der Waals surface area contributed by atoms with Crippen molar-refractivity contribution < 1.29 is 5.11 Å². The van der Waals surface area contributed by atoms with Crippen molar-refractivity contribution in [3.05, 3.63) is 36.2 Å². The number of aliphatic hydroxyl groups excluding tert-OH is 1. The van der Waals surface area contributed by atoms with Crippen LogP contribution >= 0.6 is 0 Å². The Balaban J connectivity index is 2.56. The van der Waals surface area contributed by atoms with E-state index in [0.717, 1.165) is 11.3 Å². The van der Waals surface area contributed by atoms with Gasteiger partial charge in [0.25, 0.3) is 0 Å². The van der Waals surface area contributed by atoms with Crippen LogP contribution in [0, 0.1) is 6.42 Å². The number of anilines is 1. The third-order valence-electron chi connectivity index (χ3n) is 1.42. The highest BCUT2D eigenvalue weighted by Gasteiger charge is 1.92. The second-order valence-electron chi connectivity index (χ2n) is 2.39. The van der Waals surface area contributed by atoms with E-state index in [2.05, 4.69) is 0 Å². The van der Waals surface area contributed by atoms with E-state index in [1.54, 1.807) is 0 Å². The van der Waals surface area contributed by atoms with Crippen molar-refractivity contribution in [2.75, 3.05) is 12.3 Å². The minimum absolute atomic E-state index is 0.189. The zero-order valence-corrected chi connectivity index (χ0v) is 6.33. The van der Waals surface area contributed by atoms with Crippen LogP contribution in [-0.2, 0) is 0 Å². The van der Waals surface area contributed by atoms with Gasteiger partial charge in [0.1, 0.15) is 0 Å². The number of benzene rings is 1. The number of aliphatic hydroxyl groups is 1. The van der Waals surface area contributed by atoms with Crippen molar-refractivity contribution in [3.63, 3.8) is 0 Å². The maximum absolute atomic E-state index is 8.53. The Labute approximate surface area is 66.7 Å². The highest BCUT2D eigenvalue weighted by molar-refractivity contribution is 5.42. The second kappa shape index (κ2) is 3.98. The Morgan fingerprint density at radius 2 is 2.27 bits per heavy atom. The molecule has 0 atom stereocenters. The molecule has 1 aromatic carbocycles. The summed E-state index contributed by atoms with van der Waals surface area (Å²) in [7, 11) is 0. The summed E-state index contributed by atoms with van der Waals surface area (Å²) < 4.78 is 0. The number of rotatable bonds is 3. The molecule has 0 unspecified atom stereocenters. The summed E-state index contributed by atoms with van der Waals surface area (Å²) in [4.78, 5) is 0. The van der Waals surface area contributed by atoms with Gasteiger partial charge in [-0.25, -0.2) is 0 Å². The predicted octanol–water partition coefficient (Wildman–Crippen LogP) is 1.20. The number of hydrogen-bond acceptors (Lipinski definition) is 2. The molecule has 0 saturated heterocycles. The van der Waals surface area contributed by atoms with E-state index < -0.39 is 0 Å². The molecule has 0 aliphatic heterocycles. The smallest absolute Gasteiger partial charge is 0.0437 e. The predicted molar refractivity (Wildman–Crippen MR) is 46.0 cm³/mol. The Kier molecular flexibility index (Phi) is 2.93. The van der Waals surface area contributed by atoms with Gasteiger partial charge in [-0.3, -0.25) is 0 Å². The molecule has 0 aliphatic carbocycles. The molecule has 11 heavy (non-hydrogen) atoms. The third kappa shape index (κ3) is 2.60. The summed E-state index contributed by atoms with van der Waals surface area (Å²) in [6.07, 6.45) is 2.64. The molecule has 0 spiro atoms. The van der Waals surface area contributed by atoms with E-state index in [4.69, 9.17) is 10.8 Å². The lowest BCUT2D eigenvalue weighted by Gasteiger charge is -1.99. The van der Waals surface area contributed by atoms with Gasteiger partial charge in [0, 0.05) is 12.3 Å². The van der Waals surface area contributed by atoms with Gasteiger partial charge in [0.05, 0.1) is 0 Å². The summed E-state index contributed by atoms with van der Waals surface area (Å²) in [6, 6.07) is 7.59. The first kappa shape index (κ1) is 8.08. The number of nitrogen functional groups attached to an aromatic ring is 1. The molecule has 0 saturated carbocycles. The standard InChI is InChI=1S/C9H12NO/c10-9-5-1-3-8(7-9)4-2-6-11/h1,3-5,7,11H,2,6,10H2. The normalized spacial score (nSPS) is 9.91. The van der Waals surface area contributed by atoms with Crippen LogP contribution in [0.1, 0.15) is 12.0 Å². The molecule has 1 rings (SSSR count). The highest BCUT2D eigenvalue weighted by Crippen LogP contribution is 2.09. The maximum atomic E-state index is 8.53. The lowest BCUT2D eigenvalue weighted by atomic mass is 10.1. The van der Waals surface area contributed by atoms with E-state index in [0.29, 0.717) is 6.42 Å². The molecule has 1 aromatic rings. The minimum Gasteiger partial charge on any atom is -0.399 e.